The summed E-state index contributed by atoms with van der Waals surface area (Å²) in [7, 11) is 0. The van der Waals surface area contributed by atoms with Crippen molar-refractivity contribution in [2.75, 3.05) is 5.75 Å². The van der Waals surface area contributed by atoms with Crippen LogP contribution in [0.15, 0.2) is 105 Å². The van der Waals surface area contributed by atoms with Crippen molar-refractivity contribution in [2.45, 2.75) is 6.54 Å². The van der Waals surface area contributed by atoms with Gasteiger partial charge < -0.3 is 0 Å². The summed E-state index contributed by atoms with van der Waals surface area (Å²) < 4.78 is 3.11. The van der Waals surface area contributed by atoms with Gasteiger partial charge in [-0.2, -0.15) is 0 Å². The minimum atomic E-state index is 0.00439. The van der Waals surface area contributed by atoms with E-state index in [-0.39, 0.29) is 5.24 Å². The summed E-state index contributed by atoms with van der Waals surface area (Å²) >= 11 is 6.30. The van der Waals surface area contributed by atoms with Gasteiger partial charge in [0.15, 0.2) is 0 Å². The molecule has 0 aliphatic carbocycles. The van der Waals surface area contributed by atoms with E-state index in [4.69, 9.17) is 0 Å². The van der Waals surface area contributed by atoms with Gasteiger partial charge >= 0.3 is 0 Å². The first kappa shape index (κ1) is 21.9. The molecule has 1 aromatic heterocycles. The van der Waals surface area contributed by atoms with Crippen LogP contribution in [0.3, 0.4) is 0 Å². The summed E-state index contributed by atoms with van der Waals surface area (Å²) in [6.07, 6.45) is 0. The highest BCUT2D eigenvalue weighted by molar-refractivity contribution is 9.10. The molecule has 0 atom stereocenters. The standard InChI is InChI=1S/C25H19BrN4OS2/c26-20-11-13-21(14-12-20)30-22(19-9-5-2-6-10-19)16-32-24(30)28-27-23-17-33-25(31)29(23)15-18-7-3-1-4-8-18/h1-14,16H,15,17H2. The molecule has 1 saturated heterocycles. The number of halogens is 1. The van der Waals surface area contributed by atoms with E-state index >= 15 is 0 Å². The van der Waals surface area contributed by atoms with Crippen LogP contribution in [0.5, 0.6) is 0 Å². The predicted octanol–water partition coefficient (Wildman–Crippen LogP) is 6.55. The molecule has 1 fully saturated rings. The second-order valence-corrected chi connectivity index (χ2v) is 10.0. The summed E-state index contributed by atoms with van der Waals surface area (Å²) in [5, 5.41) is 11.2. The van der Waals surface area contributed by atoms with Crippen LogP contribution in [0.1, 0.15) is 5.56 Å². The highest BCUT2D eigenvalue weighted by atomic mass is 79.9. The quantitative estimate of drug-likeness (QED) is 0.272. The SMILES string of the molecule is O=C1SCC(=NN=c2scc(-c3ccccc3)n2-c2ccc(Br)cc2)N1Cc1ccccc1. The molecule has 0 radical (unpaired) electrons. The molecule has 8 heteroatoms. The number of amidine groups is 1. The van der Waals surface area contributed by atoms with Crippen LogP contribution in [-0.2, 0) is 6.54 Å². The van der Waals surface area contributed by atoms with Crippen molar-refractivity contribution in [1.82, 2.24) is 9.47 Å². The normalized spacial score (nSPS) is 15.5. The molecular formula is C25H19BrN4OS2. The first-order valence-electron chi connectivity index (χ1n) is 10.3. The van der Waals surface area contributed by atoms with E-state index in [0.29, 0.717) is 18.1 Å². The van der Waals surface area contributed by atoms with E-state index in [1.165, 1.54) is 23.1 Å². The number of amides is 1. The van der Waals surface area contributed by atoms with Gasteiger partial charge in [0.05, 0.1) is 18.0 Å². The van der Waals surface area contributed by atoms with Gasteiger partial charge in [-0.05, 0) is 35.4 Å². The Bertz CT molecular complexity index is 1360. The van der Waals surface area contributed by atoms with E-state index in [0.717, 1.165) is 31.8 Å². The largest absolute Gasteiger partial charge is 0.287 e. The molecule has 1 aliphatic rings. The molecule has 0 saturated carbocycles. The molecule has 5 rings (SSSR count). The predicted molar refractivity (Wildman–Crippen MR) is 140 cm³/mol. The number of hydrogen-bond acceptors (Lipinski definition) is 5. The zero-order valence-corrected chi connectivity index (χ0v) is 20.7. The molecule has 3 aromatic carbocycles. The Balaban J connectivity index is 1.56. The number of rotatable bonds is 5. The molecule has 0 unspecified atom stereocenters. The summed E-state index contributed by atoms with van der Waals surface area (Å²) in [6.45, 7) is 0.493. The van der Waals surface area contributed by atoms with Gasteiger partial charge in [-0.1, -0.05) is 88.4 Å². The first-order valence-corrected chi connectivity index (χ1v) is 13.0. The molecule has 0 N–H and O–H groups in total. The van der Waals surface area contributed by atoms with Crippen molar-refractivity contribution in [1.29, 1.82) is 0 Å². The smallest absolute Gasteiger partial charge is 0.284 e. The molecule has 33 heavy (non-hydrogen) atoms. The third kappa shape index (κ3) is 4.88. The van der Waals surface area contributed by atoms with E-state index < -0.39 is 0 Å². The van der Waals surface area contributed by atoms with Crippen LogP contribution in [-0.4, -0.2) is 26.3 Å². The van der Waals surface area contributed by atoms with Gasteiger partial charge in [0, 0.05) is 15.5 Å². The molecular weight excluding hydrogens is 516 g/mol. The molecule has 2 heterocycles. The van der Waals surface area contributed by atoms with Crippen LogP contribution in [0.25, 0.3) is 16.9 Å². The van der Waals surface area contributed by atoms with E-state index in [1.807, 2.05) is 72.8 Å². The number of nitrogens with zero attached hydrogens (tertiary/aromatic N) is 4. The van der Waals surface area contributed by atoms with E-state index in [9.17, 15) is 4.79 Å². The average molecular weight is 535 g/mol. The maximum Gasteiger partial charge on any atom is 0.287 e. The lowest BCUT2D eigenvalue weighted by Crippen LogP contribution is -2.28. The van der Waals surface area contributed by atoms with Crippen molar-refractivity contribution >= 4 is 50.1 Å². The molecule has 0 spiro atoms. The van der Waals surface area contributed by atoms with Gasteiger partial charge in [0.1, 0.15) is 5.84 Å². The number of aromatic nitrogens is 1. The fourth-order valence-electron chi connectivity index (χ4n) is 3.52. The summed E-state index contributed by atoms with van der Waals surface area (Å²) in [5.41, 5.74) is 4.20. The third-order valence-electron chi connectivity index (χ3n) is 5.15. The lowest BCUT2D eigenvalue weighted by molar-refractivity contribution is 0.244. The molecule has 5 nitrogen and oxygen atoms in total. The van der Waals surface area contributed by atoms with E-state index in [1.54, 1.807) is 4.90 Å². The van der Waals surface area contributed by atoms with Crippen molar-refractivity contribution < 1.29 is 4.79 Å². The van der Waals surface area contributed by atoms with Crippen molar-refractivity contribution in [2.24, 2.45) is 10.2 Å². The molecule has 1 aliphatic heterocycles. The number of carbonyl (C=O) groups is 1. The van der Waals surface area contributed by atoms with Crippen LogP contribution in [0.2, 0.25) is 0 Å². The highest BCUT2D eigenvalue weighted by Crippen LogP contribution is 2.25. The molecule has 164 valence electrons. The Morgan fingerprint density at radius 2 is 1.58 bits per heavy atom. The summed E-state index contributed by atoms with van der Waals surface area (Å²) in [4.78, 5) is 14.9. The van der Waals surface area contributed by atoms with Crippen molar-refractivity contribution in [3.8, 4) is 16.9 Å². The van der Waals surface area contributed by atoms with E-state index in [2.05, 4.69) is 48.2 Å². The second kappa shape index (κ2) is 9.91. The molecule has 1 amide bonds. The first-order chi connectivity index (χ1) is 16.2. The minimum absolute atomic E-state index is 0.00439. The topological polar surface area (TPSA) is 50.0 Å². The number of benzene rings is 3. The number of thioether (sulfide) groups is 1. The Morgan fingerprint density at radius 1 is 0.879 bits per heavy atom. The zero-order valence-electron chi connectivity index (χ0n) is 17.5. The van der Waals surface area contributed by atoms with Gasteiger partial charge in [-0.15, -0.1) is 21.5 Å². The number of carbonyl (C=O) groups excluding carboxylic acids is 1. The van der Waals surface area contributed by atoms with Crippen LogP contribution < -0.4 is 4.80 Å². The Hall–Kier alpha value is -2.94. The fourth-order valence-corrected chi connectivity index (χ4v) is 5.44. The fraction of sp³-hybridized carbons (Fsp3) is 0.0800. The minimum Gasteiger partial charge on any atom is -0.284 e. The number of hydrogen-bond donors (Lipinski definition) is 0. The zero-order chi connectivity index (χ0) is 22.6. The van der Waals surface area contributed by atoms with Gasteiger partial charge in [-0.25, -0.2) is 0 Å². The summed E-state index contributed by atoms with van der Waals surface area (Å²) in [6, 6.07) is 28.3. The van der Waals surface area contributed by atoms with Crippen LogP contribution >= 0.6 is 39.0 Å². The molecule has 4 aromatic rings. The van der Waals surface area contributed by atoms with Crippen molar-refractivity contribution in [3.63, 3.8) is 0 Å². The average Bonchev–Trinajstić information content (AvgIpc) is 3.43. The molecule has 0 bridgehead atoms. The lowest BCUT2D eigenvalue weighted by Gasteiger charge is -2.15. The van der Waals surface area contributed by atoms with Crippen molar-refractivity contribution in [3.05, 3.63) is 105 Å². The van der Waals surface area contributed by atoms with Gasteiger partial charge in [-0.3, -0.25) is 14.3 Å². The maximum atomic E-state index is 12.5. The Morgan fingerprint density at radius 3 is 2.30 bits per heavy atom. The maximum absolute atomic E-state index is 12.5. The third-order valence-corrected chi connectivity index (χ3v) is 7.37. The second-order valence-electron chi connectivity index (χ2n) is 7.32. The van der Waals surface area contributed by atoms with Crippen LogP contribution in [0.4, 0.5) is 4.79 Å². The van der Waals surface area contributed by atoms with Gasteiger partial charge in [0.2, 0.25) is 4.80 Å². The van der Waals surface area contributed by atoms with Gasteiger partial charge in [0.25, 0.3) is 5.24 Å². The number of thiazole rings is 1. The Kier molecular flexibility index (Phi) is 6.57. The monoisotopic (exact) mass is 534 g/mol. The van der Waals surface area contributed by atoms with Crippen LogP contribution in [0, 0.1) is 0 Å². The highest BCUT2D eigenvalue weighted by Gasteiger charge is 2.28. The Labute approximate surface area is 208 Å². The lowest BCUT2D eigenvalue weighted by atomic mass is 10.1. The summed E-state index contributed by atoms with van der Waals surface area (Å²) in [5.74, 6) is 1.19.